The number of anilines is 1. The second kappa shape index (κ2) is 6.54. The molecular weight excluding hydrogens is 294 g/mol. The molecule has 1 amide bonds. The van der Waals surface area contributed by atoms with Crippen molar-refractivity contribution in [2.24, 2.45) is 0 Å². The molecule has 0 aromatic heterocycles. The molecule has 6 heteroatoms. The summed E-state index contributed by atoms with van der Waals surface area (Å²) in [7, 11) is 0. The first-order chi connectivity index (χ1) is 11.0. The van der Waals surface area contributed by atoms with Crippen LogP contribution in [0.1, 0.15) is 18.1 Å². The fourth-order valence-corrected chi connectivity index (χ4v) is 2.14. The minimum Gasteiger partial charge on any atom is -0.507 e. The number of rotatable bonds is 4. The first kappa shape index (κ1) is 15.9. The minimum absolute atomic E-state index is 0.0555. The van der Waals surface area contributed by atoms with Crippen molar-refractivity contribution in [3.63, 3.8) is 0 Å². The molecule has 0 radical (unpaired) electrons. The average molecular weight is 307 g/mol. The van der Waals surface area contributed by atoms with Crippen LogP contribution in [0.3, 0.4) is 0 Å². The lowest BCUT2D eigenvalue weighted by Crippen LogP contribution is -2.05. The third kappa shape index (κ3) is 3.41. The Hall–Kier alpha value is -3.46. The number of benzene rings is 2. The fraction of sp³-hybridized carbons (Fsp3) is 0.0588. The number of nitrogens with zero attached hydrogens (tertiary/aromatic N) is 1. The second-order valence-corrected chi connectivity index (χ2v) is 4.82. The molecule has 23 heavy (non-hydrogen) atoms. The highest BCUT2D eigenvalue weighted by Crippen LogP contribution is 2.30. The fourth-order valence-electron chi connectivity index (χ4n) is 2.14. The molecule has 2 aromatic carbocycles. The maximum absolute atomic E-state index is 11.0. The maximum Gasteiger partial charge on any atom is 0.221 e. The lowest BCUT2D eigenvalue weighted by Gasteiger charge is -2.10. The number of phenolic OH excluding ortho intramolecular Hbond substituents is 1. The molecule has 114 valence electrons. The molecule has 0 unspecified atom stereocenters. The molecule has 0 saturated heterocycles. The number of nitriles is 1. The molecule has 6 nitrogen and oxygen atoms in total. The van der Waals surface area contributed by atoms with Crippen molar-refractivity contribution in [1.29, 1.82) is 10.7 Å². The van der Waals surface area contributed by atoms with Crippen LogP contribution < -0.4 is 5.32 Å². The first-order valence-electron chi connectivity index (χ1n) is 6.65. The van der Waals surface area contributed by atoms with Crippen LogP contribution >= 0.6 is 0 Å². The Morgan fingerprint density at radius 2 is 1.96 bits per heavy atom. The Morgan fingerprint density at radius 1 is 1.30 bits per heavy atom. The van der Waals surface area contributed by atoms with Gasteiger partial charge in [0.2, 0.25) is 5.91 Å². The Labute approximate surface area is 132 Å². The van der Waals surface area contributed by atoms with E-state index >= 15 is 0 Å². The van der Waals surface area contributed by atoms with Gasteiger partial charge in [-0.25, -0.2) is 0 Å². The summed E-state index contributed by atoms with van der Waals surface area (Å²) in [5.74, 6) is -0.487. The summed E-state index contributed by atoms with van der Waals surface area (Å²) in [5.41, 5.74) is 1.66. The van der Waals surface area contributed by atoms with Gasteiger partial charge in [0, 0.05) is 23.7 Å². The van der Waals surface area contributed by atoms with Crippen molar-refractivity contribution >= 4 is 23.6 Å². The number of aldehydes is 1. The molecule has 0 aliphatic heterocycles. The van der Waals surface area contributed by atoms with Crippen LogP contribution in [0, 0.1) is 16.7 Å². The van der Waals surface area contributed by atoms with Gasteiger partial charge in [-0.05, 0) is 29.8 Å². The number of hydrogen-bond donors (Lipinski definition) is 3. The van der Waals surface area contributed by atoms with Gasteiger partial charge in [0.15, 0.2) is 6.29 Å². The van der Waals surface area contributed by atoms with Crippen molar-refractivity contribution in [3.05, 3.63) is 47.5 Å². The zero-order valence-corrected chi connectivity index (χ0v) is 12.3. The van der Waals surface area contributed by atoms with E-state index in [2.05, 4.69) is 5.32 Å². The lowest BCUT2D eigenvalue weighted by atomic mass is 9.95. The van der Waals surface area contributed by atoms with Crippen LogP contribution in [0.5, 0.6) is 5.75 Å². The van der Waals surface area contributed by atoms with E-state index in [-0.39, 0.29) is 28.5 Å². The van der Waals surface area contributed by atoms with Crippen molar-refractivity contribution in [2.75, 3.05) is 5.32 Å². The molecule has 0 aliphatic carbocycles. The van der Waals surface area contributed by atoms with E-state index in [1.807, 2.05) is 6.07 Å². The lowest BCUT2D eigenvalue weighted by molar-refractivity contribution is -0.114. The molecule has 3 N–H and O–H groups in total. The van der Waals surface area contributed by atoms with Crippen molar-refractivity contribution in [1.82, 2.24) is 0 Å². The molecule has 2 aromatic rings. The van der Waals surface area contributed by atoms with Gasteiger partial charge in [-0.1, -0.05) is 12.1 Å². The van der Waals surface area contributed by atoms with Gasteiger partial charge in [-0.15, -0.1) is 0 Å². The van der Waals surface area contributed by atoms with Gasteiger partial charge >= 0.3 is 0 Å². The summed E-state index contributed by atoms with van der Waals surface area (Å²) >= 11 is 0. The minimum atomic E-state index is -0.372. The van der Waals surface area contributed by atoms with Gasteiger partial charge in [0.05, 0.1) is 11.6 Å². The van der Waals surface area contributed by atoms with Gasteiger partial charge < -0.3 is 10.4 Å². The molecule has 0 fully saturated rings. The van der Waals surface area contributed by atoms with E-state index in [1.165, 1.54) is 19.1 Å². The summed E-state index contributed by atoms with van der Waals surface area (Å²) in [6.07, 6.45) is 0.324. The SMILES string of the molecule is CC(=O)Nc1ccc(-c2cc(C(=N)C=O)c(O)cc2C#N)cc1. The number of hydrogen-bond acceptors (Lipinski definition) is 5. The largest absolute Gasteiger partial charge is 0.507 e. The third-order valence-electron chi connectivity index (χ3n) is 3.18. The summed E-state index contributed by atoms with van der Waals surface area (Å²) in [6, 6.07) is 11.4. The number of carbonyl (C=O) groups excluding carboxylic acids is 2. The summed E-state index contributed by atoms with van der Waals surface area (Å²) in [6.45, 7) is 1.40. The Kier molecular flexibility index (Phi) is 4.52. The van der Waals surface area contributed by atoms with E-state index in [9.17, 15) is 20.0 Å². The van der Waals surface area contributed by atoms with Crippen LogP contribution in [0.2, 0.25) is 0 Å². The number of aromatic hydroxyl groups is 1. The summed E-state index contributed by atoms with van der Waals surface area (Å²) < 4.78 is 0. The molecule has 0 aliphatic rings. The molecule has 0 saturated carbocycles. The molecular formula is C17H13N3O3. The predicted molar refractivity (Wildman–Crippen MR) is 85.5 cm³/mol. The Balaban J connectivity index is 2.53. The highest BCUT2D eigenvalue weighted by atomic mass is 16.3. The normalized spacial score (nSPS) is 9.74. The quantitative estimate of drug-likeness (QED) is 0.594. The zero-order chi connectivity index (χ0) is 17.0. The summed E-state index contributed by atoms with van der Waals surface area (Å²) in [4.78, 5) is 21.8. The van der Waals surface area contributed by atoms with Gasteiger partial charge in [0.1, 0.15) is 11.5 Å². The molecule has 2 rings (SSSR count). The number of amides is 1. The van der Waals surface area contributed by atoms with Crippen molar-refractivity contribution < 1.29 is 14.7 Å². The smallest absolute Gasteiger partial charge is 0.221 e. The van der Waals surface area contributed by atoms with Crippen LogP contribution in [-0.2, 0) is 9.59 Å². The highest BCUT2D eigenvalue weighted by molar-refractivity contribution is 6.35. The number of carbonyl (C=O) groups is 2. The van der Waals surface area contributed by atoms with Crippen LogP contribution in [0.25, 0.3) is 11.1 Å². The Morgan fingerprint density at radius 3 is 2.48 bits per heavy atom. The van der Waals surface area contributed by atoms with E-state index in [1.54, 1.807) is 24.3 Å². The second-order valence-electron chi connectivity index (χ2n) is 4.82. The topological polar surface area (TPSA) is 114 Å². The standard InChI is InChI=1S/C17H13N3O3/c1-10(22)20-13-4-2-11(3-5-13)14-7-15(16(19)9-21)17(23)6-12(14)8-18/h2-7,9,19,23H,1H3,(H,20,22). The van der Waals surface area contributed by atoms with E-state index < -0.39 is 0 Å². The predicted octanol–water partition coefficient (Wildman–Crippen LogP) is 2.46. The van der Waals surface area contributed by atoms with Crippen LogP contribution in [0.15, 0.2) is 36.4 Å². The number of phenols is 1. The van der Waals surface area contributed by atoms with E-state index in [0.29, 0.717) is 23.1 Å². The molecule has 0 heterocycles. The molecule has 0 atom stereocenters. The van der Waals surface area contributed by atoms with Crippen LogP contribution in [-0.4, -0.2) is 23.0 Å². The first-order valence-corrected chi connectivity index (χ1v) is 6.65. The molecule has 0 spiro atoms. The average Bonchev–Trinajstić information content (AvgIpc) is 2.54. The van der Waals surface area contributed by atoms with E-state index in [0.717, 1.165) is 0 Å². The van der Waals surface area contributed by atoms with Crippen molar-refractivity contribution in [3.8, 4) is 22.9 Å². The summed E-state index contributed by atoms with van der Waals surface area (Å²) in [5, 5.41) is 29.3. The Bertz CT molecular complexity index is 833. The maximum atomic E-state index is 11.0. The zero-order valence-electron chi connectivity index (χ0n) is 12.3. The highest BCUT2D eigenvalue weighted by Gasteiger charge is 2.14. The molecule has 0 bridgehead atoms. The third-order valence-corrected chi connectivity index (χ3v) is 3.18. The van der Waals surface area contributed by atoms with Crippen LogP contribution in [0.4, 0.5) is 5.69 Å². The van der Waals surface area contributed by atoms with Crippen molar-refractivity contribution in [2.45, 2.75) is 6.92 Å². The monoisotopic (exact) mass is 307 g/mol. The van der Waals surface area contributed by atoms with Gasteiger partial charge in [-0.3, -0.25) is 15.0 Å². The van der Waals surface area contributed by atoms with Gasteiger partial charge in [0.25, 0.3) is 0 Å². The number of nitrogens with one attached hydrogen (secondary N) is 2. The van der Waals surface area contributed by atoms with Gasteiger partial charge in [-0.2, -0.15) is 5.26 Å². The van der Waals surface area contributed by atoms with E-state index in [4.69, 9.17) is 5.41 Å².